The van der Waals surface area contributed by atoms with Crippen LogP contribution >= 0.6 is 23.5 Å². The van der Waals surface area contributed by atoms with Crippen molar-refractivity contribution in [3.63, 3.8) is 0 Å². The molecule has 2 aromatic rings. The summed E-state index contributed by atoms with van der Waals surface area (Å²) in [5, 5.41) is -0.512. The summed E-state index contributed by atoms with van der Waals surface area (Å²) in [6.07, 6.45) is 1.62. The Morgan fingerprint density at radius 2 is 2.32 bits per heavy atom. The van der Waals surface area contributed by atoms with Crippen molar-refractivity contribution in [2.75, 3.05) is 5.73 Å². The number of nitrogens with one attached hydrogen (secondary N) is 1. The molecule has 22 heavy (non-hydrogen) atoms. The first-order valence-corrected chi connectivity index (χ1v) is 8.91. The van der Waals surface area contributed by atoms with Gasteiger partial charge in [0.05, 0.1) is 6.33 Å². The molecule has 0 aromatic carbocycles. The molecule has 1 fully saturated rings. The van der Waals surface area contributed by atoms with Gasteiger partial charge in [-0.2, -0.15) is 4.98 Å². The molecule has 3 heterocycles. The number of H-pyrrole nitrogens is 1. The van der Waals surface area contributed by atoms with Gasteiger partial charge in [-0.1, -0.05) is 15.9 Å². The van der Waals surface area contributed by atoms with Crippen molar-refractivity contribution in [2.45, 2.75) is 23.8 Å². The van der Waals surface area contributed by atoms with Crippen molar-refractivity contribution >= 4 is 40.6 Å². The highest BCUT2D eigenvalue weighted by Gasteiger charge is 2.43. The number of alkyl halides is 1. The summed E-state index contributed by atoms with van der Waals surface area (Å²) < 4.78 is 18.2. The molecule has 120 valence electrons. The van der Waals surface area contributed by atoms with E-state index < -0.39 is 24.0 Å². The van der Waals surface area contributed by atoms with Gasteiger partial charge in [0.15, 0.2) is 17.0 Å². The third-order valence-corrected chi connectivity index (χ3v) is 5.51. The average molecular weight is 394 g/mol. The fourth-order valence-corrected chi connectivity index (χ4v) is 4.06. The number of nitrogens with two attached hydrogens (primary N) is 1. The Bertz CT molecular complexity index is 816. The molecule has 0 saturated carbocycles. The van der Waals surface area contributed by atoms with Crippen LogP contribution in [0.3, 0.4) is 0 Å². The molecule has 0 bridgehead atoms. The number of nitrogens with zero attached hydrogens (tertiary/aromatic N) is 3. The van der Waals surface area contributed by atoms with Gasteiger partial charge in [-0.05, 0) is 6.42 Å². The Balaban J connectivity index is 1.88. The van der Waals surface area contributed by atoms with Crippen molar-refractivity contribution in [2.24, 2.45) is 5.92 Å². The normalized spacial score (nSPS) is 25.9. The summed E-state index contributed by atoms with van der Waals surface area (Å²) in [6, 6.07) is 0. The van der Waals surface area contributed by atoms with E-state index in [1.165, 1.54) is 6.33 Å². The molecule has 1 aliphatic rings. The zero-order valence-electron chi connectivity index (χ0n) is 11.1. The molecule has 0 aliphatic carbocycles. The molecule has 2 aromatic heterocycles. The van der Waals surface area contributed by atoms with Crippen LogP contribution in [-0.4, -0.2) is 40.2 Å². The quantitative estimate of drug-likeness (QED) is 0.418. The van der Waals surface area contributed by atoms with Crippen LogP contribution in [0.15, 0.2) is 11.1 Å². The van der Waals surface area contributed by atoms with E-state index in [0.717, 1.165) is 0 Å². The maximum absolute atomic E-state index is 11.7. The SMILES string of the molecule is Nc1nc2c(ncn2C[C@H]2C[C@H](P(=O)(O)O)O[C@@H]2Br)c(=O)[nH]1. The Kier molecular flexibility index (Phi) is 3.86. The van der Waals surface area contributed by atoms with Gasteiger partial charge in [-0.3, -0.25) is 14.3 Å². The van der Waals surface area contributed by atoms with Gasteiger partial charge in [0.1, 0.15) is 5.01 Å². The Hall–Kier alpha value is -1.26. The Labute approximate surface area is 132 Å². The minimum Gasteiger partial charge on any atom is -0.369 e. The molecular formula is C10H13BrN5O5P. The highest BCUT2D eigenvalue weighted by atomic mass is 79.9. The lowest BCUT2D eigenvalue weighted by Gasteiger charge is -2.13. The zero-order chi connectivity index (χ0) is 16.1. The highest BCUT2D eigenvalue weighted by Crippen LogP contribution is 2.51. The van der Waals surface area contributed by atoms with Crippen LogP contribution in [0.25, 0.3) is 11.2 Å². The second kappa shape index (κ2) is 5.43. The van der Waals surface area contributed by atoms with E-state index in [9.17, 15) is 19.1 Å². The predicted molar refractivity (Wildman–Crippen MR) is 80.3 cm³/mol. The summed E-state index contributed by atoms with van der Waals surface area (Å²) in [5.74, 6) is -1.37. The molecule has 10 nitrogen and oxygen atoms in total. The summed E-state index contributed by atoms with van der Waals surface area (Å²) >= 11 is 3.26. The fraction of sp³-hybridized carbons (Fsp3) is 0.500. The van der Waals surface area contributed by atoms with Crippen molar-refractivity contribution < 1.29 is 19.1 Å². The van der Waals surface area contributed by atoms with E-state index in [1.807, 2.05) is 0 Å². The number of halogens is 1. The topological polar surface area (TPSA) is 156 Å². The Morgan fingerprint density at radius 1 is 1.59 bits per heavy atom. The first-order valence-electron chi connectivity index (χ1n) is 6.31. The van der Waals surface area contributed by atoms with Crippen molar-refractivity contribution in [3.8, 4) is 0 Å². The van der Waals surface area contributed by atoms with Gasteiger partial charge < -0.3 is 24.8 Å². The number of rotatable bonds is 3. The molecule has 3 rings (SSSR count). The summed E-state index contributed by atoms with van der Waals surface area (Å²) in [4.78, 5) is 40.5. The van der Waals surface area contributed by atoms with E-state index in [4.69, 9.17) is 10.5 Å². The predicted octanol–water partition coefficient (Wildman–Crippen LogP) is -0.0369. The van der Waals surface area contributed by atoms with Gasteiger partial charge in [0.25, 0.3) is 5.56 Å². The number of aromatic amines is 1. The van der Waals surface area contributed by atoms with E-state index >= 15 is 0 Å². The molecule has 3 atom stereocenters. The highest BCUT2D eigenvalue weighted by molar-refractivity contribution is 9.09. The second-order valence-electron chi connectivity index (χ2n) is 5.05. The average Bonchev–Trinajstić information content (AvgIpc) is 2.95. The van der Waals surface area contributed by atoms with Crippen LogP contribution in [0, 0.1) is 5.92 Å². The lowest BCUT2D eigenvalue weighted by molar-refractivity contribution is 0.116. The van der Waals surface area contributed by atoms with Gasteiger partial charge in [0.2, 0.25) is 5.95 Å². The number of anilines is 1. The maximum Gasteiger partial charge on any atom is 0.354 e. The molecule has 0 spiro atoms. The van der Waals surface area contributed by atoms with Crippen molar-refractivity contribution in [3.05, 3.63) is 16.7 Å². The molecule has 0 radical (unpaired) electrons. The van der Waals surface area contributed by atoms with Crippen LogP contribution in [0.1, 0.15) is 6.42 Å². The number of ether oxygens (including phenoxy) is 1. The number of hydrogen-bond acceptors (Lipinski definition) is 6. The molecule has 5 N–H and O–H groups in total. The molecule has 1 saturated heterocycles. The third-order valence-electron chi connectivity index (χ3n) is 3.46. The minimum atomic E-state index is -4.31. The Morgan fingerprint density at radius 3 is 2.95 bits per heavy atom. The van der Waals surface area contributed by atoms with Gasteiger partial charge >= 0.3 is 7.60 Å². The van der Waals surface area contributed by atoms with Gasteiger partial charge in [-0.25, -0.2) is 4.98 Å². The second-order valence-corrected chi connectivity index (χ2v) is 7.70. The summed E-state index contributed by atoms with van der Waals surface area (Å²) in [6.45, 7) is 0.332. The fourth-order valence-electron chi connectivity index (χ4n) is 2.41. The van der Waals surface area contributed by atoms with Crippen LogP contribution in [0.2, 0.25) is 0 Å². The molecular weight excluding hydrogens is 381 g/mol. The van der Waals surface area contributed by atoms with Crippen LogP contribution in [0.5, 0.6) is 0 Å². The maximum atomic E-state index is 11.7. The van der Waals surface area contributed by atoms with E-state index in [1.54, 1.807) is 4.57 Å². The van der Waals surface area contributed by atoms with Gasteiger partial charge in [-0.15, -0.1) is 0 Å². The van der Waals surface area contributed by atoms with E-state index in [-0.39, 0.29) is 23.8 Å². The largest absolute Gasteiger partial charge is 0.369 e. The first-order chi connectivity index (χ1) is 10.3. The molecule has 12 heteroatoms. The third kappa shape index (κ3) is 2.82. The van der Waals surface area contributed by atoms with Crippen LogP contribution in [0.4, 0.5) is 5.95 Å². The molecule has 1 aliphatic heterocycles. The number of imidazole rings is 1. The smallest absolute Gasteiger partial charge is 0.354 e. The summed E-state index contributed by atoms with van der Waals surface area (Å²) in [7, 11) is -4.31. The monoisotopic (exact) mass is 393 g/mol. The zero-order valence-corrected chi connectivity index (χ0v) is 13.6. The minimum absolute atomic E-state index is 0.0228. The van der Waals surface area contributed by atoms with Crippen molar-refractivity contribution in [1.82, 2.24) is 19.5 Å². The number of nitrogen functional groups attached to an aromatic ring is 1. The van der Waals surface area contributed by atoms with E-state index in [2.05, 4.69) is 30.9 Å². The number of fused-ring (bicyclic) bond motifs is 1. The van der Waals surface area contributed by atoms with Crippen LogP contribution in [-0.2, 0) is 15.8 Å². The number of aromatic nitrogens is 4. The lowest BCUT2D eigenvalue weighted by Crippen LogP contribution is -2.17. The molecule has 0 unspecified atom stereocenters. The number of hydrogen-bond donors (Lipinski definition) is 4. The van der Waals surface area contributed by atoms with Crippen molar-refractivity contribution in [1.29, 1.82) is 0 Å². The van der Waals surface area contributed by atoms with Crippen LogP contribution < -0.4 is 11.3 Å². The lowest BCUT2D eigenvalue weighted by atomic mass is 10.1. The van der Waals surface area contributed by atoms with Gasteiger partial charge in [0, 0.05) is 12.5 Å². The van der Waals surface area contributed by atoms with E-state index in [0.29, 0.717) is 12.2 Å². The standard InChI is InChI=1S/C10H13BrN5O5P/c11-7-4(1-5(21-7)22(18,19)20)2-16-3-13-6-8(16)14-10(12)15-9(6)17/h3-5,7H,1-2H2,(H2,18,19,20)(H3,12,14,15,17)/t4-,5+,7+/m1/s1. The molecule has 0 amide bonds. The summed E-state index contributed by atoms with van der Waals surface area (Å²) in [5.41, 5.74) is 5.56. The first kappa shape index (κ1) is 15.6.